The Labute approximate surface area is 100 Å². The van der Waals surface area contributed by atoms with E-state index in [2.05, 4.69) is 24.9 Å². The summed E-state index contributed by atoms with van der Waals surface area (Å²) < 4.78 is 5.26. The fourth-order valence-electron chi connectivity index (χ4n) is 1.73. The topological polar surface area (TPSA) is 22.1 Å². The molecule has 0 aliphatic heterocycles. The van der Waals surface area contributed by atoms with Crippen molar-refractivity contribution in [3.05, 3.63) is 35.0 Å². The van der Waals surface area contributed by atoms with Crippen LogP contribution in [0.3, 0.4) is 0 Å². The van der Waals surface area contributed by atoms with Crippen molar-refractivity contribution in [1.29, 1.82) is 0 Å². The van der Waals surface area contributed by atoms with Gasteiger partial charge in [0.1, 0.15) is 16.4 Å². The molecule has 0 saturated carbocycles. The molecule has 1 aromatic heterocycles. The van der Waals surface area contributed by atoms with Gasteiger partial charge >= 0.3 is 0 Å². The van der Waals surface area contributed by atoms with E-state index in [9.17, 15) is 0 Å². The van der Waals surface area contributed by atoms with E-state index in [0.717, 1.165) is 22.2 Å². The van der Waals surface area contributed by atoms with E-state index < -0.39 is 0 Å². The molecule has 84 valence electrons. The van der Waals surface area contributed by atoms with Crippen LogP contribution in [-0.4, -0.2) is 12.1 Å². The highest BCUT2D eigenvalue weighted by Crippen LogP contribution is 2.30. The molecule has 0 aliphatic carbocycles. The molecule has 2 nitrogen and oxygen atoms in total. The van der Waals surface area contributed by atoms with Crippen molar-refractivity contribution in [2.45, 2.75) is 19.8 Å². The Balaban J connectivity index is 2.73. The molecule has 0 saturated heterocycles. The van der Waals surface area contributed by atoms with Crippen LogP contribution in [0.1, 0.15) is 25.3 Å². The maximum Gasteiger partial charge on any atom is 0.145 e. The molecule has 0 atom stereocenters. The van der Waals surface area contributed by atoms with Crippen LogP contribution in [0.25, 0.3) is 10.9 Å². The number of aromatic nitrogens is 1. The van der Waals surface area contributed by atoms with Gasteiger partial charge in [0, 0.05) is 5.39 Å². The van der Waals surface area contributed by atoms with E-state index in [1.165, 1.54) is 0 Å². The van der Waals surface area contributed by atoms with Crippen LogP contribution in [0.15, 0.2) is 24.3 Å². The van der Waals surface area contributed by atoms with Crippen molar-refractivity contribution in [3.8, 4) is 5.75 Å². The van der Waals surface area contributed by atoms with Crippen molar-refractivity contribution in [2.75, 3.05) is 7.11 Å². The predicted octanol–water partition coefficient (Wildman–Crippen LogP) is 4.02. The van der Waals surface area contributed by atoms with Gasteiger partial charge in [0.25, 0.3) is 0 Å². The van der Waals surface area contributed by atoms with E-state index in [1.54, 1.807) is 7.11 Å². The molecule has 1 aromatic carbocycles. The van der Waals surface area contributed by atoms with Crippen LogP contribution >= 0.6 is 11.6 Å². The average molecular weight is 236 g/mol. The first-order chi connectivity index (χ1) is 7.63. The molecule has 0 bridgehead atoms. The summed E-state index contributed by atoms with van der Waals surface area (Å²) in [6.07, 6.45) is 0. The van der Waals surface area contributed by atoms with Gasteiger partial charge in [-0.1, -0.05) is 37.6 Å². The molecule has 0 radical (unpaired) electrons. The minimum Gasteiger partial charge on any atom is -0.494 e. The van der Waals surface area contributed by atoms with Gasteiger partial charge in [-0.05, 0) is 23.6 Å². The highest BCUT2D eigenvalue weighted by atomic mass is 35.5. The van der Waals surface area contributed by atoms with Crippen molar-refractivity contribution in [3.63, 3.8) is 0 Å². The number of benzene rings is 1. The van der Waals surface area contributed by atoms with Gasteiger partial charge in [-0.25, -0.2) is 4.98 Å². The Morgan fingerprint density at radius 1 is 1.31 bits per heavy atom. The van der Waals surface area contributed by atoms with E-state index >= 15 is 0 Å². The zero-order valence-corrected chi connectivity index (χ0v) is 10.4. The second-order valence-corrected chi connectivity index (χ2v) is 4.41. The lowest BCUT2D eigenvalue weighted by molar-refractivity contribution is 0.419. The molecular formula is C13H14ClNO. The van der Waals surface area contributed by atoms with E-state index in [4.69, 9.17) is 16.3 Å². The van der Waals surface area contributed by atoms with Crippen molar-refractivity contribution in [2.24, 2.45) is 0 Å². The highest BCUT2D eigenvalue weighted by molar-refractivity contribution is 6.30. The highest BCUT2D eigenvalue weighted by Gasteiger charge is 2.10. The van der Waals surface area contributed by atoms with E-state index in [0.29, 0.717) is 11.1 Å². The molecule has 1 heterocycles. The second-order valence-electron chi connectivity index (χ2n) is 4.06. The number of halogens is 1. The van der Waals surface area contributed by atoms with E-state index in [-0.39, 0.29) is 0 Å². The molecule has 2 aromatic rings. The van der Waals surface area contributed by atoms with Gasteiger partial charge in [-0.15, -0.1) is 0 Å². The van der Waals surface area contributed by atoms with Gasteiger partial charge < -0.3 is 4.74 Å². The van der Waals surface area contributed by atoms with Gasteiger partial charge in [-0.3, -0.25) is 0 Å². The lowest BCUT2D eigenvalue weighted by Crippen LogP contribution is -1.94. The normalized spacial score (nSPS) is 11.1. The summed E-state index contributed by atoms with van der Waals surface area (Å²) in [5.41, 5.74) is 1.89. The van der Waals surface area contributed by atoms with Gasteiger partial charge in [0.05, 0.1) is 7.11 Å². The zero-order chi connectivity index (χ0) is 11.7. The molecule has 2 rings (SSSR count). The SMILES string of the molecule is COc1cccc2cc(C(C)C)c(Cl)nc12. The molecule has 0 unspecified atom stereocenters. The van der Waals surface area contributed by atoms with Crippen LogP contribution in [0.2, 0.25) is 5.15 Å². The summed E-state index contributed by atoms with van der Waals surface area (Å²) in [6, 6.07) is 7.95. The number of hydrogen-bond donors (Lipinski definition) is 0. The van der Waals surface area contributed by atoms with Crippen LogP contribution in [-0.2, 0) is 0 Å². The lowest BCUT2D eigenvalue weighted by Gasteiger charge is -2.10. The maximum absolute atomic E-state index is 6.16. The average Bonchev–Trinajstić information content (AvgIpc) is 2.27. The molecule has 0 spiro atoms. The molecule has 0 fully saturated rings. The standard InChI is InChI=1S/C13H14ClNO/c1-8(2)10-7-9-5-4-6-11(16-3)12(9)15-13(10)14/h4-8H,1-3H3. The third-order valence-electron chi connectivity index (χ3n) is 2.63. The number of hydrogen-bond acceptors (Lipinski definition) is 2. The summed E-state index contributed by atoms with van der Waals surface area (Å²) in [6.45, 7) is 4.21. The predicted molar refractivity (Wildman–Crippen MR) is 67.4 cm³/mol. The Bertz CT molecular complexity index is 523. The van der Waals surface area contributed by atoms with Crippen molar-refractivity contribution in [1.82, 2.24) is 4.98 Å². The number of ether oxygens (including phenoxy) is 1. The number of rotatable bonds is 2. The second kappa shape index (κ2) is 4.30. The minimum absolute atomic E-state index is 0.371. The molecule has 3 heteroatoms. The summed E-state index contributed by atoms with van der Waals surface area (Å²) in [4.78, 5) is 4.41. The van der Waals surface area contributed by atoms with Crippen molar-refractivity contribution < 1.29 is 4.74 Å². The number of nitrogens with zero attached hydrogens (tertiary/aromatic N) is 1. The molecule has 0 aliphatic rings. The summed E-state index contributed by atoms with van der Waals surface area (Å²) in [7, 11) is 1.64. The third-order valence-corrected chi connectivity index (χ3v) is 2.93. The Kier molecular flexibility index (Phi) is 3.01. The van der Waals surface area contributed by atoms with Gasteiger partial charge in [-0.2, -0.15) is 0 Å². The Hall–Kier alpha value is -1.28. The van der Waals surface area contributed by atoms with Crippen molar-refractivity contribution >= 4 is 22.5 Å². The Morgan fingerprint density at radius 3 is 2.69 bits per heavy atom. The smallest absolute Gasteiger partial charge is 0.145 e. The molecule has 0 N–H and O–H groups in total. The number of fused-ring (bicyclic) bond motifs is 1. The van der Waals surface area contributed by atoms with Gasteiger partial charge in [0.15, 0.2) is 0 Å². The summed E-state index contributed by atoms with van der Waals surface area (Å²) in [5, 5.41) is 1.62. The summed E-state index contributed by atoms with van der Waals surface area (Å²) in [5.74, 6) is 1.13. The lowest BCUT2D eigenvalue weighted by atomic mass is 10.0. The van der Waals surface area contributed by atoms with E-state index in [1.807, 2.05) is 18.2 Å². The maximum atomic E-state index is 6.16. The quantitative estimate of drug-likeness (QED) is 0.734. The molecular weight excluding hydrogens is 222 g/mol. The first kappa shape index (κ1) is 11.2. The molecule has 0 amide bonds. The first-order valence-electron chi connectivity index (χ1n) is 5.26. The first-order valence-corrected chi connectivity index (χ1v) is 5.64. The number of para-hydroxylation sites is 1. The van der Waals surface area contributed by atoms with Crippen LogP contribution in [0.4, 0.5) is 0 Å². The van der Waals surface area contributed by atoms with Crippen LogP contribution < -0.4 is 4.74 Å². The number of methoxy groups -OCH3 is 1. The van der Waals surface area contributed by atoms with Crippen LogP contribution in [0.5, 0.6) is 5.75 Å². The fourth-order valence-corrected chi connectivity index (χ4v) is 2.09. The molecule has 16 heavy (non-hydrogen) atoms. The number of pyridine rings is 1. The zero-order valence-electron chi connectivity index (χ0n) is 9.62. The monoisotopic (exact) mass is 235 g/mol. The largest absolute Gasteiger partial charge is 0.494 e. The van der Waals surface area contributed by atoms with Crippen LogP contribution in [0, 0.1) is 0 Å². The van der Waals surface area contributed by atoms with Gasteiger partial charge in [0.2, 0.25) is 0 Å². The summed E-state index contributed by atoms with van der Waals surface area (Å²) >= 11 is 6.16. The fraction of sp³-hybridized carbons (Fsp3) is 0.308. The third kappa shape index (κ3) is 1.85. The Morgan fingerprint density at radius 2 is 2.06 bits per heavy atom. The minimum atomic E-state index is 0.371.